The lowest BCUT2D eigenvalue weighted by atomic mass is 10.2. The fourth-order valence-electron chi connectivity index (χ4n) is 2.43. The molecule has 1 aromatic heterocycles. The Kier molecular flexibility index (Phi) is 5.30. The molecule has 3 aromatic rings. The van der Waals surface area contributed by atoms with E-state index in [1.807, 2.05) is 0 Å². The average Bonchev–Trinajstić information content (AvgIpc) is 3.19. The number of imidazole rings is 1. The van der Waals surface area contributed by atoms with Crippen LogP contribution in [0.1, 0.15) is 21.0 Å². The Morgan fingerprint density at radius 1 is 1.07 bits per heavy atom. The Bertz CT molecular complexity index is 1030. The van der Waals surface area contributed by atoms with Gasteiger partial charge in [-0.2, -0.15) is 0 Å². The normalized spacial score (nSPS) is 10.2. The molecule has 0 radical (unpaired) electrons. The molecule has 1 heterocycles. The SMILES string of the molecule is COc1ccccc1NC(=O)c1[nH]cnc1C(=O)Nc1ccc([N+](=O)[O-])cc1. The van der Waals surface area contributed by atoms with Crippen molar-refractivity contribution >= 4 is 28.9 Å². The molecule has 0 fully saturated rings. The van der Waals surface area contributed by atoms with E-state index in [1.165, 1.54) is 37.7 Å². The van der Waals surface area contributed by atoms with Crippen molar-refractivity contribution in [3.8, 4) is 5.75 Å². The second kappa shape index (κ2) is 7.99. The van der Waals surface area contributed by atoms with Crippen LogP contribution < -0.4 is 15.4 Å². The largest absolute Gasteiger partial charge is 0.495 e. The van der Waals surface area contributed by atoms with Crippen molar-refractivity contribution in [2.45, 2.75) is 0 Å². The molecule has 3 rings (SSSR count). The third-order valence-electron chi connectivity index (χ3n) is 3.77. The predicted octanol–water partition coefficient (Wildman–Crippen LogP) is 2.83. The first-order valence-electron chi connectivity index (χ1n) is 8.03. The first-order chi connectivity index (χ1) is 13.5. The molecule has 28 heavy (non-hydrogen) atoms. The van der Waals surface area contributed by atoms with Crippen molar-refractivity contribution in [2.24, 2.45) is 0 Å². The number of para-hydroxylation sites is 2. The first kappa shape index (κ1) is 18.6. The van der Waals surface area contributed by atoms with Crippen LogP contribution in [0.15, 0.2) is 54.9 Å². The molecule has 0 unspecified atom stereocenters. The van der Waals surface area contributed by atoms with Crippen LogP contribution in [-0.2, 0) is 0 Å². The van der Waals surface area contributed by atoms with Crippen molar-refractivity contribution in [1.29, 1.82) is 0 Å². The Balaban J connectivity index is 1.76. The number of nitro benzene ring substituents is 1. The number of nitro groups is 1. The molecule has 0 spiro atoms. The molecule has 10 nitrogen and oxygen atoms in total. The third kappa shape index (κ3) is 3.96. The number of anilines is 2. The minimum atomic E-state index is -0.639. The maximum atomic E-state index is 12.5. The standard InChI is InChI=1S/C18H15N5O5/c1-28-14-5-3-2-4-13(14)22-18(25)16-15(19-10-20-16)17(24)21-11-6-8-12(9-7-11)23(26)27/h2-10H,1H3,(H,19,20)(H,21,24)(H,22,25). The molecule has 0 aliphatic carbocycles. The van der Waals surface area contributed by atoms with Gasteiger partial charge in [0, 0.05) is 17.8 Å². The van der Waals surface area contributed by atoms with Crippen molar-refractivity contribution in [1.82, 2.24) is 9.97 Å². The Morgan fingerprint density at radius 2 is 1.79 bits per heavy atom. The highest BCUT2D eigenvalue weighted by Crippen LogP contribution is 2.24. The van der Waals surface area contributed by atoms with Crippen molar-refractivity contribution in [2.75, 3.05) is 17.7 Å². The summed E-state index contributed by atoms with van der Waals surface area (Å²) in [5.74, 6) is -0.747. The zero-order valence-corrected chi connectivity index (χ0v) is 14.6. The van der Waals surface area contributed by atoms with Gasteiger partial charge in [0.1, 0.15) is 11.4 Å². The summed E-state index contributed by atoms with van der Waals surface area (Å²) in [6, 6.07) is 12.1. The molecule has 0 aliphatic heterocycles. The van der Waals surface area contributed by atoms with E-state index >= 15 is 0 Å². The first-order valence-corrected chi connectivity index (χ1v) is 8.03. The number of nitrogens with zero attached hydrogens (tertiary/aromatic N) is 2. The number of carbonyl (C=O) groups is 2. The second-order valence-electron chi connectivity index (χ2n) is 5.54. The number of nitrogens with one attached hydrogen (secondary N) is 3. The minimum absolute atomic E-state index is 0.0367. The molecule has 2 amide bonds. The van der Waals surface area contributed by atoms with Crippen molar-refractivity contribution in [3.05, 3.63) is 76.4 Å². The smallest absolute Gasteiger partial charge is 0.276 e. The van der Waals surface area contributed by atoms with E-state index < -0.39 is 16.7 Å². The van der Waals surface area contributed by atoms with Crippen LogP contribution in [-0.4, -0.2) is 33.8 Å². The van der Waals surface area contributed by atoms with Gasteiger partial charge in [0.25, 0.3) is 17.5 Å². The monoisotopic (exact) mass is 381 g/mol. The lowest BCUT2D eigenvalue weighted by Gasteiger charge is -2.10. The number of rotatable bonds is 6. The van der Waals surface area contributed by atoms with Gasteiger partial charge in [-0.05, 0) is 24.3 Å². The Morgan fingerprint density at radius 3 is 2.46 bits per heavy atom. The zero-order chi connectivity index (χ0) is 20.1. The number of methoxy groups -OCH3 is 1. The van der Waals surface area contributed by atoms with Crippen LogP contribution in [0.4, 0.5) is 17.1 Å². The van der Waals surface area contributed by atoms with Gasteiger partial charge < -0.3 is 20.4 Å². The molecule has 0 aliphatic rings. The summed E-state index contributed by atoms with van der Waals surface area (Å²) in [7, 11) is 1.48. The second-order valence-corrected chi connectivity index (χ2v) is 5.54. The third-order valence-corrected chi connectivity index (χ3v) is 3.77. The van der Waals surface area contributed by atoms with Gasteiger partial charge in [-0.25, -0.2) is 4.98 Å². The highest BCUT2D eigenvalue weighted by molar-refractivity contribution is 6.13. The highest BCUT2D eigenvalue weighted by Gasteiger charge is 2.21. The fraction of sp³-hybridized carbons (Fsp3) is 0.0556. The summed E-state index contributed by atoms with van der Waals surface area (Å²) in [4.78, 5) is 41.7. The van der Waals surface area contributed by atoms with Gasteiger partial charge in [0.05, 0.1) is 24.0 Å². The summed E-state index contributed by atoms with van der Waals surface area (Å²) in [6.07, 6.45) is 1.22. The molecule has 2 aromatic carbocycles. The van der Waals surface area contributed by atoms with E-state index in [-0.39, 0.29) is 17.1 Å². The number of H-pyrrole nitrogens is 1. The quantitative estimate of drug-likeness (QED) is 0.443. The Hall–Kier alpha value is -4.21. The summed E-state index contributed by atoms with van der Waals surface area (Å²) in [5.41, 5.74) is 0.506. The van der Waals surface area contributed by atoms with Gasteiger partial charge in [0.15, 0.2) is 5.69 Å². The van der Waals surface area contributed by atoms with Crippen LogP contribution in [0.25, 0.3) is 0 Å². The fourth-order valence-corrected chi connectivity index (χ4v) is 2.43. The maximum absolute atomic E-state index is 12.5. The minimum Gasteiger partial charge on any atom is -0.495 e. The molecule has 0 atom stereocenters. The lowest BCUT2D eigenvalue weighted by molar-refractivity contribution is -0.384. The molecule has 3 N–H and O–H groups in total. The number of benzene rings is 2. The van der Waals surface area contributed by atoms with Crippen LogP contribution in [0.3, 0.4) is 0 Å². The number of hydrogen-bond acceptors (Lipinski definition) is 6. The van der Waals surface area contributed by atoms with Crippen LogP contribution in [0, 0.1) is 10.1 Å². The van der Waals surface area contributed by atoms with Gasteiger partial charge in [-0.15, -0.1) is 0 Å². The van der Waals surface area contributed by atoms with E-state index in [0.717, 1.165) is 0 Å². The van der Waals surface area contributed by atoms with Gasteiger partial charge in [0.2, 0.25) is 0 Å². The number of amides is 2. The molecule has 0 saturated carbocycles. The molecule has 10 heteroatoms. The van der Waals surface area contributed by atoms with E-state index in [0.29, 0.717) is 17.1 Å². The van der Waals surface area contributed by atoms with Crippen molar-refractivity contribution < 1.29 is 19.2 Å². The summed E-state index contributed by atoms with van der Waals surface area (Å²) >= 11 is 0. The summed E-state index contributed by atoms with van der Waals surface area (Å²) in [5, 5.41) is 15.9. The van der Waals surface area contributed by atoms with Gasteiger partial charge in [-0.3, -0.25) is 19.7 Å². The lowest BCUT2D eigenvalue weighted by Crippen LogP contribution is -2.20. The zero-order valence-electron chi connectivity index (χ0n) is 14.6. The molecule has 142 valence electrons. The molecular weight excluding hydrogens is 366 g/mol. The van der Waals surface area contributed by atoms with Crippen molar-refractivity contribution in [3.63, 3.8) is 0 Å². The van der Waals surface area contributed by atoms with Crippen LogP contribution >= 0.6 is 0 Å². The Labute approximate surface area is 158 Å². The topological polar surface area (TPSA) is 139 Å². The van der Waals surface area contributed by atoms with Gasteiger partial charge >= 0.3 is 0 Å². The summed E-state index contributed by atoms with van der Waals surface area (Å²) < 4.78 is 5.18. The molecule has 0 bridgehead atoms. The summed E-state index contributed by atoms with van der Waals surface area (Å²) in [6.45, 7) is 0. The number of carbonyl (C=O) groups excluding carboxylic acids is 2. The number of aromatic amines is 1. The number of aromatic nitrogens is 2. The van der Waals surface area contributed by atoms with E-state index in [9.17, 15) is 19.7 Å². The highest BCUT2D eigenvalue weighted by atomic mass is 16.6. The average molecular weight is 381 g/mol. The van der Waals surface area contributed by atoms with E-state index in [2.05, 4.69) is 20.6 Å². The van der Waals surface area contributed by atoms with Crippen LogP contribution in [0.5, 0.6) is 5.75 Å². The number of non-ortho nitro benzene ring substituents is 1. The number of hydrogen-bond donors (Lipinski definition) is 3. The maximum Gasteiger partial charge on any atom is 0.276 e. The van der Waals surface area contributed by atoms with E-state index in [4.69, 9.17) is 4.74 Å². The van der Waals surface area contributed by atoms with Gasteiger partial charge in [-0.1, -0.05) is 12.1 Å². The number of ether oxygens (including phenoxy) is 1. The predicted molar refractivity (Wildman–Crippen MR) is 101 cm³/mol. The molecular formula is C18H15N5O5. The van der Waals surface area contributed by atoms with E-state index in [1.54, 1.807) is 24.3 Å². The molecule has 0 saturated heterocycles. The van der Waals surface area contributed by atoms with Crippen LogP contribution in [0.2, 0.25) is 0 Å².